The average Bonchev–Trinajstić information content (AvgIpc) is 3.04. The first-order chi connectivity index (χ1) is 15.3. The van der Waals surface area contributed by atoms with Crippen LogP contribution in [0.2, 0.25) is 0 Å². The summed E-state index contributed by atoms with van der Waals surface area (Å²) in [4.78, 5) is 42.2. The van der Waals surface area contributed by atoms with Gasteiger partial charge in [-0.15, -0.1) is 0 Å². The number of likely N-dealkylation sites (N-methyl/N-ethyl adjacent to an activating group) is 1. The van der Waals surface area contributed by atoms with Gasteiger partial charge in [-0.3, -0.25) is 19.3 Å². The van der Waals surface area contributed by atoms with Gasteiger partial charge in [-0.05, 0) is 31.9 Å². The van der Waals surface area contributed by atoms with E-state index in [2.05, 4.69) is 4.90 Å². The van der Waals surface area contributed by atoms with Gasteiger partial charge in [0.1, 0.15) is 4.32 Å². The molecule has 1 aromatic carbocycles. The molecule has 4 rings (SSSR count). The van der Waals surface area contributed by atoms with Crippen LogP contribution < -0.4 is 10.5 Å². The molecule has 0 spiro atoms. The third-order valence-corrected chi connectivity index (χ3v) is 7.49. The summed E-state index contributed by atoms with van der Waals surface area (Å²) in [6.07, 6.45) is 2.97. The lowest BCUT2D eigenvalue weighted by molar-refractivity contribution is -0.148. The fourth-order valence-corrected chi connectivity index (χ4v) is 5.41. The van der Waals surface area contributed by atoms with E-state index < -0.39 is 0 Å². The third kappa shape index (κ3) is 3.95. The van der Waals surface area contributed by atoms with Crippen molar-refractivity contribution in [3.8, 4) is 0 Å². The largest absolute Gasteiger partial charge is 0.466 e. The van der Waals surface area contributed by atoms with Gasteiger partial charge >= 0.3 is 5.97 Å². The maximum Gasteiger partial charge on any atom is 0.309 e. The smallest absolute Gasteiger partial charge is 0.309 e. The molecule has 2 aromatic rings. The van der Waals surface area contributed by atoms with E-state index in [4.69, 9.17) is 17.0 Å². The molecule has 0 saturated carbocycles. The number of benzene rings is 1. The molecule has 32 heavy (non-hydrogen) atoms. The quantitative estimate of drug-likeness (QED) is 0.385. The Hall–Kier alpha value is -2.65. The summed E-state index contributed by atoms with van der Waals surface area (Å²) in [7, 11) is 3.38. The number of fused-ring (bicyclic) bond motifs is 1. The number of aromatic nitrogens is 1. The number of thiocarbonyl (C=S) groups is 1. The van der Waals surface area contributed by atoms with Gasteiger partial charge in [0.05, 0.1) is 34.2 Å². The molecule has 1 aromatic heterocycles. The molecule has 9 heteroatoms. The number of hydrogen-bond donors (Lipinski definition) is 0. The van der Waals surface area contributed by atoms with Crippen LogP contribution in [0.1, 0.15) is 25.3 Å². The number of carbonyl (C=O) groups is 2. The number of pyridine rings is 1. The highest BCUT2D eigenvalue weighted by molar-refractivity contribution is 8.26. The van der Waals surface area contributed by atoms with Gasteiger partial charge in [-0.25, -0.2) is 0 Å². The van der Waals surface area contributed by atoms with E-state index in [1.54, 1.807) is 24.7 Å². The molecular weight excluding hydrogens is 446 g/mol. The molecule has 3 heterocycles. The number of anilines is 1. The molecule has 0 unspecified atom stereocenters. The van der Waals surface area contributed by atoms with Gasteiger partial charge in [0.25, 0.3) is 11.5 Å². The van der Waals surface area contributed by atoms with Crippen molar-refractivity contribution in [1.29, 1.82) is 0 Å². The SMILES string of the molecule is CCOC(=O)C1CCN(c2c(C=C3SC(=S)N(C)C3=O)c(=O)n(C)c3ccccc23)CC1. The molecule has 0 radical (unpaired) electrons. The van der Waals surface area contributed by atoms with Crippen LogP contribution in [-0.2, 0) is 21.4 Å². The van der Waals surface area contributed by atoms with E-state index in [1.807, 2.05) is 31.2 Å². The number of ether oxygens (including phenoxy) is 1. The molecule has 0 atom stereocenters. The second-order valence-corrected chi connectivity index (χ2v) is 9.57. The first-order valence-electron chi connectivity index (χ1n) is 10.6. The monoisotopic (exact) mass is 471 g/mol. The van der Waals surface area contributed by atoms with E-state index in [-0.39, 0.29) is 23.4 Å². The molecule has 2 fully saturated rings. The van der Waals surface area contributed by atoms with E-state index in [0.29, 0.717) is 47.3 Å². The van der Waals surface area contributed by atoms with Crippen LogP contribution in [0.5, 0.6) is 0 Å². The molecule has 2 saturated heterocycles. The van der Waals surface area contributed by atoms with Crippen molar-refractivity contribution in [1.82, 2.24) is 9.47 Å². The Kier molecular flexibility index (Phi) is 6.39. The maximum atomic E-state index is 13.4. The second-order valence-electron chi connectivity index (χ2n) is 7.90. The Morgan fingerprint density at radius 1 is 1.22 bits per heavy atom. The standard InChI is InChI=1S/C23H25N3O4S2/c1-4-30-22(29)14-9-11-26(12-10-14)19-15-7-5-6-8-17(15)24(2)20(27)16(19)13-18-21(28)25(3)23(31)32-18/h5-8,13-14H,4,9-12H2,1-3H3. The number of rotatable bonds is 4. The third-order valence-electron chi connectivity index (χ3n) is 6.00. The van der Waals surface area contributed by atoms with Crippen LogP contribution in [0, 0.1) is 5.92 Å². The number of nitrogens with zero attached hydrogens (tertiary/aromatic N) is 3. The van der Waals surface area contributed by atoms with Crippen molar-refractivity contribution >= 4 is 62.8 Å². The zero-order valence-corrected chi connectivity index (χ0v) is 19.9. The number of para-hydroxylation sites is 1. The Morgan fingerprint density at radius 3 is 2.53 bits per heavy atom. The summed E-state index contributed by atoms with van der Waals surface area (Å²) in [5, 5.41) is 0.933. The normalized spacial score (nSPS) is 18.8. The number of hydrogen-bond acceptors (Lipinski definition) is 7. The van der Waals surface area contributed by atoms with Crippen LogP contribution in [-0.4, -0.2) is 52.4 Å². The number of thioether (sulfide) groups is 1. The van der Waals surface area contributed by atoms with Crippen molar-refractivity contribution < 1.29 is 14.3 Å². The van der Waals surface area contributed by atoms with Crippen LogP contribution in [0.15, 0.2) is 34.0 Å². The molecule has 2 aliphatic rings. The average molecular weight is 472 g/mol. The zero-order chi connectivity index (χ0) is 23.0. The second kappa shape index (κ2) is 9.07. The Balaban J connectivity index is 1.81. The summed E-state index contributed by atoms with van der Waals surface area (Å²) < 4.78 is 7.28. The Bertz CT molecular complexity index is 1200. The molecule has 7 nitrogen and oxygen atoms in total. The minimum Gasteiger partial charge on any atom is -0.466 e. The Morgan fingerprint density at radius 2 is 1.91 bits per heavy atom. The highest BCUT2D eigenvalue weighted by Gasteiger charge is 2.32. The summed E-state index contributed by atoms with van der Waals surface area (Å²) >= 11 is 6.46. The van der Waals surface area contributed by atoms with E-state index in [9.17, 15) is 14.4 Å². The molecule has 0 bridgehead atoms. The van der Waals surface area contributed by atoms with Crippen molar-refractivity contribution in [2.24, 2.45) is 13.0 Å². The first kappa shape index (κ1) is 22.5. The van der Waals surface area contributed by atoms with Crippen molar-refractivity contribution in [2.75, 3.05) is 31.6 Å². The predicted octanol–water partition coefficient (Wildman–Crippen LogP) is 3.15. The summed E-state index contributed by atoms with van der Waals surface area (Å²) in [5.74, 6) is -0.501. The van der Waals surface area contributed by atoms with Gasteiger partial charge in [-0.2, -0.15) is 0 Å². The summed E-state index contributed by atoms with van der Waals surface area (Å²) in [5.41, 5.74) is 1.91. The van der Waals surface area contributed by atoms with Gasteiger partial charge in [-0.1, -0.05) is 42.2 Å². The summed E-state index contributed by atoms with van der Waals surface area (Å²) in [6.45, 7) is 3.43. The minimum atomic E-state index is -0.206. The van der Waals surface area contributed by atoms with Crippen LogP contribution in [0.3, 0.4) is 0 Å². The molecule has 168 valence electrons. The van der Waals surface area contributed by atoms with E-state index >= 15 is 0 Å². The van der Waals surface area contributed by atoms with Crippen molar-refractivity contribution in [3.63, 3.8) is 0 Å². The van der Waals surface area contributed by atoms with Crippen LogP contribution in [0.4, 0.5) is 5.69 Å². The van der Waals surface area contributed by atoms with Gasteiger partial charge in [0, 0.05) is 32.6 Å². The summed E-state index contributed by atoms with van der Waals surface area (Å²) in [6, 6.07) is 7.75. The van der Waals surface area contributed by atoms with Crippen LogP contribution in [0.25, 0.3) is 17.0 Å². The minimum absolute atomic E-state index is 0.135. The number of carbonyl (C=O) groups excluding carboxylic acids is 2. The molecule has 0 aliphatic carbocycles. The highest BCUT2D eigenvalue weighted by Crippen LogP contribution is 2.36. The van der Waals surface area contributed by atoms with Gasteiger partial charge in [0.15, 0.2) is 0 Å². The number of esters is 1. The Labute approximate surface area is 196 Å². The lowest BCUT2D eigenvalue weighted by Crippen LogP contribution is -2.38. The lowest BCUT2D eigenvalue weighted by Gasteiger charge is -2.34. The highest BCUT2D eigenvalue weighted by atomic mass is 32.2. The number of aryl methyl sites for hydroxylation is 1. The first-order valence-corrected chi connectivity index (χ1v) is 11.8. The van der Waals surface area contributed by atoms with Gasteiger partial charge in [0.2, 0.25) is 0 Å². The van der Waals surface area contributed by atoms with Crippen molar-refractivity contribution in [3.05, 3.63) is 45.1 Å². The number of amides is 1. The van der Waals surface area contributed by atoms with E-state index in [1.165, 1.54) is 16.7 Å². The predicted molar refractivity (Wildman–Crippen MR) is 132 cm³/mol. The molecule has 1 amide bonds. The maximum absolute atomic E-state index is 13.4. The number of piperidine rings is 1. The molecular formula is C23H25N3O4S2. The zero-order valence-electron chi connectivity index (χ0n) is 18.3. The lowest BCUT2D eigenvalue weighted by atomic mass is 9.95. The van der Waals surface area contributed by atoms with Crippen LogP contribution >= 0.6 is 24.0 Å². The fraction of sp³-hybridized carbons (Fsp3) is 0.391. The topological polar surface area (TPSA) is 71.8 Å². The van der Waals surface area contributed by atoms with E-state index in [0.717, 1.165) is 16.6 Å². The van der Waals surface area contributed by atoms with Crippen molar-refractivity contribution in [2.45, 2.75) is 19.8 Å². The molecule has 0 N–H and O–H groups in total. The molecule has 2 aliphatic heterocycles. The fourth-order valence-electron chi connectivity index (χ4n) is 4.25. The van der Waals surface area contributed by atoms with Gasteiger partial charge < -0.3 is 14.2 Å².